The van der Waals surface area contributed by atoms with Crippen molar-refractivity contribution in [2.75, 3.05) is 13.2 Å². The molecule has 12 heavy (non-hydrogen) atoms. The van der Waals surface area contributed by atoms with Crippen LogP contribution in [0.2, 0.25) is 0 Å². The van der Waals surface area contributed by atoms with E-state index >= 15 is 0 Å². The molecule has 0 amide bonds. The van der Waals surface area contributed by atoms with Crippen LogP contribution in [0.5, 0.6) is 0 Å². The van der Waals surface area contributed by atoms with Crippen molar-refractivity contribution in [1.82, 2.24) is 0 Å². The number of ether oxygens (including phenoxy) is 1. The van der Waals surface area contributed by atoms with Gasteiger partial charge in [0.15, 0.2) is 0 Å². The minimum Gasteiger partial charge on any atom is -0.481 e. The summed E-state index contributed by atoms with van der Waals surface area (Å²) in [4.78, 5) is 10.2. The van der Waals surface area contributed by atoms with Crippen LogP contribution in [0.25, 0.3) is 0 Å². The molecule has 0 saturated carbocycles. The number of carboxylic acids is 1. The molecule has 1 heterocycles. The highest BCUT2D eigenvalue weighted by Crippen LogP contribution is 2.22. The first kappa shape index (κ1) is 9.45. The summed E-state index contributed by atoms with van der Waals surface area (Å²) in [5, 5.41) is 8.37. The molecule has 4 heteroatoms. The Kier molecular flexibility index (Phi) is 3.47. The Hall–Kier alpha value is -0.640. The molecule has 0 radical (unpaired) electrons. The van der Waals surface area contributed by atoms with E-state index in [1.54, 1.807) is 0 Å². The van der Waals surface area contributed by atoms with Crippen LogP contribution in [0.4, 0.5) is 4.39 Å². The molecular formula is C8H13FO3. The van der Waals surface area contributed by atoms with Gasteiger partial charge in [-0.05, 0) is 6.42 Å². The minimum atomic E-state index is -0.877. The van der Waals surface area contributed by atoms with Crippen molar-refractivity contribution in [3.05, 3.63) is 0 Å². The van der Waals surface area contributed by atoms with Crippen LogP contribution in [-0.2, 0) is 9.53 Å². The summed E-state index contributed by atoms with van der Waals surface area (Å²) in [5.74, 6) is -1.08. The summed E-state index contributed by atoms with van der Waals surface area (Å²) >= 11 is 0. The zero-order valence-corrected chi connectivity index (χ0v) is 6.83. The Morgan fingerprint density at radius 1 is 1.67 bits per heavy atom. The number of alkyl halides is 1. The van der Waals surface area contributed by atoms with E-state index in [1.807, 2.05) is 0 Å². The molecule has 1 fully saturated rings. The predicted molar refractivity (Wildman–Crippen MR) is 40.7 cm³/mol. The molecule has 3 nitrogen and oxygen atoms in total. The lowest BCUT2D eigenvalue weighted by Gasteiger charge is -2.25. The summed E-state index contributed by atoms with van der Waals surface area (Å²) in [6.45, 7) is 0.833. The molecule has 70 valence electrons. The SMILES string of the molecule is O=C(O)CCC1COCCC1F. The van der Waals surface area contributed by atoms with Gasteiger partial charge in [-0.15, -0.1) is 0 Å². The topological polar surface area (TPSA) is 46.5 Å². The number of carboxylic acid groups (broad SMARTS) is 1. The highest BCUT2D eigenvalue weighted by Gasteiger charge is 2.25. The van der Waals surface area contributed by atoms with Crippen LogP contribution in [-0.4, -0.2) is 30.5 Å². The number of carbonyl (C=O) groups is 1. The Labute approximate surface area is 70.5 Å². The van der Waals surface area contributed by atoms with Crippen LogP contribution >= 0.6 is 0 Å². The lowest BCUT2D eigenvalue weighted by molar-refractivity contribution is -0.137. The molecule has 1 saturated heterocycles. The standard InChI is InChI=1S/C8H13FO3/c9-7-3-4-12-5-6(7)1-2-8(10)11/h6-7H,1-5H2,(H,10,11). The summed E-state index contributed by atoms with van der Waals surface area (Å²) < 4.78 is 18.1. The van der Waals surface area contributed by atoms with Gasteiger partial charge in [-0.3, -0.25) is 4.79 Å². The molecule has 0 aromatic rings. The van der Waals surface area contributed by atoms with Crippen LogP contribution in [0.3, 0.4) is 0 Å². The number of hydrogen-bond acceptors (Lipinski definition) is 2. The van der Waals surface area contributed by atoms with Crippen molar-refractivity contribution in [3.63, 3.8) is 0 Å². The molecule has 2 unspecified atom stereocenters. The van der Waals surface area contributed by atoms with Gasteiger partial charge in [0.05, 0.1) is 6.61 Å². The second-order valence-electron chi connectivity index (χ2n) is 3.07. The molecule has 2 atom stereocenters. The van der Waals surface area contributed by atoms with Crippen molar-refractivity contribution in [2.24, 2.45) is 5.92 Å². The summed E-state index contributed by atoms with van der Waals surface area (Å²) in [6, 6.07) is 0. The highest BCUT2D eigenvalue weighted by molar-refractivity contribution is 5.66. The van der Waals surface area contributed by atoms with Crippen molar-refractivity contribution < 1.29 is 19.0 Å². The van der Waals surface area contributed by atoms with Gasteiger partial charge in [-0.25, -0.2) is 4.39 Å². The maximum absolute atomic E-state index is 13.0. The molecule has 1 aliphatic heterocycles. The van der Waals surface area contributed by atoms with Gasteiger partial charge in [0, 0.05) is 25.4 Å². The van der Waals surface area contributed by atoms with Gasteiger partial charge in [0.25, 0.3) is 0 Å². The third kappa shape index (κ3) is 2.77. The average molecular weight is 176 g/mol. The number of halogens is 1. The van der Waals surface area contributed by atoms with Crippen molar-refractivity contribution in [3.8, 4) is 0 Å². The van der Waals surface area contributed by atoms with Crippen molar-refractivity contribution in [2.45, 2.75) is 25.4 Å². The molecule has 0 spiro atoms. The van der Waals surface area contributed by atoms with Gasteiger partial charge in [-0.1, -0.05) is 0 Å². The first-order valence-electron chi connectivity index (χ1n) is 4.13. The third-order valence-electron chi connectivity index (χ3n) is 2.11. The molecule has 1 rings (SSSR count). The fourth-order valence-corrected chi connectivity index (χ4v) is 1.34. The summed E-state index contributed by atoms with van der Waals surface area (Å²) in [6.07, 6.45) is -0.0482. The Bertz CT molecular complexity index is 160. The monoisotopic (exact) mass is 176 g/mol. The molecule has 0 bridgehead atoms. The van der Waals surface area contributed by atoms with E-state index in [2.05, 4.69) is 0 Å². The van der Waals surface area contributed by atoms with Gasteiger partial charge >= 0.3 is 5.97 Å². The van der Waals surface area contributed by atoms with E-state index in [0.717, 1.165) is 0 Å². The molecule has 0 aromatic heterocycles. The van der Waals surface area contributed by atoms with Crippen molar-refractivity contribution >= 4 is 5.97 Å². The fourth-order valence-electron chi connectivity index (χ4n) is 1.34. The van der Waals surface area contributed by atoms with Crippen LogP contribution in [0, 0.1) is 5.92 Å². The minimum absolute atomic E-state index is 0.0362. The zero-order valence-electron chi connectivity index (χ0n) is 6.83. The normalized spacial score (nSPS) is 30.1. The van der Waals surface area contributed by atoms with Crippen molar-refractivity contribution in [1.29, 1.82) is 0 Å². The first-order valence-corrected chi connectivity index (χ1v) is 4.13. The van der Waals surface area contributed by atoms with E-state index in [1.165, 1.54) is 0 Å². The second-order valence-corrected chi connectivity index (χ2v) is 3.07. The second kappa shape index (κ2) is 4.40. The predicted octanol–water partition coefficient (Wildman–Crippen LogP) is 1.23. The summed E-state index contributed by atoms with van der Waals surface area (Å²) in [5.41, 5.74) is 0. The van der Waals surface area contributed by atoms with E-state index < -0.39 is 12.1 Å². The quantitative estimate of drug-likeness (QED) is 0.703. The molecule has 0 aliphatic carbocycles. The molecule has 1 aliphatic rings. The average Bonchev–Trinajstić information content (AvgIpc) is 2.03. The van der Waals surface area contributed by atoms with Crippen LogP contribution in [0.15, 0.2) is 0 Å². The molecular weight excluding hydrogens is 163 g/mol. The van der Waals surface area contributed by atoms with Gasteiger partial charge in [-0.2, -0.15) is 0 Å². The van der Waals surface area contributed by atoms with Crippen LogP contribution in [0.1, 0.15) is 19.3 Å². The van der Waals surface area contributed by atoms with Gasteiger partial charge < -0.3 is 9.84 Å². The van der Waals surface area contributed by atoms with E-state index in [4.69, 9.17) is 9.84 Å². The number of aliphatic carboxylic acids is 1. The van der Waals surface area contributed by atoms with Gasteiger partial charge in [0.1, 0.15) is 6.17 Å². The lowest BCUT2D eigenvalue weighted by atomic mass is 9.95. The Morgan fingerprint density at radius 2 is 2.42 bits per heavy atom. The van der Waals surface area contributed by atoms with Crippen LogP contribution < -0.4 is 0 Å². The third-order valence-corrected chi connectivity index (χ3v) is 2.11. The van der Waals surface area contributed by atoms with E-state index in [-0.39, 0.29) is 12.3 Å². The highest BCUT2D eigenvalue weighted by atomic mass is 19.1. The fraction of sp³-hybridized carbons (Fsp3) is 0.875. The lowest BCUT2D eigenvalue weighted by Crippen LogP contribution is -2.29. The maximum atomic E-state index is 13.0. The number of hydrogen-bond donors (Lipinski definition) is 1. The van der Waals surface area contributed by atoms with Gasteiger partial charge in [0.2, 0.25) is 0 Å². The molecule has 1 N–H and O–H groups in total. The number of rotatable bonds is 3. The Morgan fingerprint density at radius 3 is 3.00 bits per heavy atom. The summed E-state index contributed by atoms with van der Waals surface area (Å²) in [7, 11) is 0. The Balaban J connectivity index is 2.24. The largest absolute Gasteiger partial charge is 0.481 e. The maximum Gasteiger partial charge on any atom is 0.303 e. The smallest absolute Gasteiger partial charge is 0.303 e. The zero-order chi connectivity index (χ0) is 8.97. The van der Waals surface area contributed by atoms with E-state index in [0.29, 0.717) is 26.1 Å². The first-order chi connectivity index (χ1) is 5.70. The van der Waals surface area contributed by atoms with E-state index in [9.17, 15) is 9.18 Å². The molecule has 0 aromatic carbocycles.